The van der Waals surface area contributed by atoms with Crippen molar-refractivity contribution in [3.63, 3.8) is 0 Å². The van der Waals surface area contributed by atoms with Crippen molar-refractivity contribution in [1.82, 2.24) is 14.9 Å². The Balaban J connectivity index is 2.07. The van der Waals surface area contributed by atoms with Crippen LogP contribution < -0.4 is 10.6 Å². The second-order valence-electron chi connectivity index (χ2n) is 5.88. The van der Waals surface area contributed by atoms with Gasteiger partial charge in [-0.2, -0.15) is 0 Å². The molecule has 6 nitrogen and oxygen atoms in total. The number of rotatable bonds is 7. The van der Waals surface area contributed by atoms with Crippen molar-refractivity contribution < 1.29 is 4.79 Å². The molecule has 25 heavy (non-hydrogen) atoms. The molecule has 134 valence electrons. The first-order valence-corrected chi connectivity index (χ1v) is 8.61. The molecule has 1 aromatic carbocycles. The van der Waals surface area contributed by atoms with Crippen molar-refractivity contribution in [1.29, 1.82) is 0 Å². The number of hydrogen-bond donors (Lipinski definition) is 2. The van der Waals surface area contributed by atoms with E-state index in [1.54, 1.807) is 24.3 Å². The Hall–Kier alpha value is -1.89. The summed E-state index contributed by atoms with van der Waals surface area (Å²) in [6.45, 7) is 3.50. The summed E-state index contributed by atoms with van der Waals surface area (Å²) in [5.74, 6) is 0.0621. The summed E-state index contributed by atoms with van der Waals surface area (Å²) in [6, 6.07) is 6.50. The Morgan fingerprint density at radius 1 is 1.20 bits per heavy atom. The fraction of sp³-hybridized carbons (Fsp3) is 0.353. The Morgan fingerprint density at radius 2 is 1.96 bits per heavy atom. The van der Waals surface area contributed by atoms with Gasteiger partial charge in [0.25, 0.3) is 5.91 Å². The first kappa shape index (κ1) is 19.4. The maximum atomic E-state index is 12.5. The highest BCUT2D eigenvalue weighted by atomic mass is 35.5. The number of hydrogen-bond acceptors (Lipinski definition) is 5. The van der Waals surface area contributed by atoms with E-state index in [4.69, 9.17) is 23.2 Å². The van der Waals surface area contributed by atoms with Crippen LogP contribution in [0.15, 0.2) is 24.3 Å². The predicted molar refractivity (Wildman–Crippen MR) is 103 cm³/mol. The van der Waals surface area contributed by atoms with Crippen LogP contribution in [0.5, 0.6) is 0 Å². The van der Waals surface area contributed by atoms with Gasteiger partial charge in [-0.15, -0.1) is 0 Å². The molecular formula is C17H21Cl2N5O. The molecule has 0 radical (unpaired) electrons. The number of nitrogens with one attached hydrogen (secondary N) is 2. The molecule has 0 aliphatic rings. The monoisotopic (exact) mass is 381 g/mol. The van der Waals surface area contributed by atoms with Gasteiger partial charge in [-0.1, -0.05) is 23.2 Å². The quantitative estimate of drug-likeness (QED) is 0.715. The highest BCUT2D eigenvalue weighted by Gasteiger charge is 2.13. The van der Waals surface area contributed by atoms with Gasteiger partial charge < -0.3 is 15.5 Å². The third-order valence-corrected chi connectivity index (χ3v) is 3.89. The van der Waals surface area contributed by atoms with E-state index >= 15 is 0 Å². The summed E-state index contributed by atoms with van der Waals surface area (Å²) >= 11 is 12.0. The third-order valence-electron chi connectivity index (χ3n) is 3.33. The number of amides is 1. The number of carbonyl (C=O) groups excluding carboxylic acids is 1. The number of benzene rings is 1. The summed E-state index contributed by atoms with van der Waals surface area (Å²) < 4.78 is 0. The van der Waals surface area contributed by atoms with E-state index < -0.39 is 0 Å². The molecule has 0 saturated carbocycles. The lowest BCUT2D eigenvalue weighted by atomic mass is 10.3. The third kappa shape index (κ3) is 6.16. The minimum atomic E-state index is -0.369. The fourth-order valence-electron chi connectivity index (χ4n) is 2.14. The smallest absolute Gasteiger partial charge is 0.274 e. The minimum absolute atomic E-state index is 0.263. The largest absolute Gasteiger partial charge is 0.354 e. The zero-order chi connectivity index (χ0) is 18.4. The van der Waals surface area contributed by atoms with Crippen LogP contribution in [0.4, 0.5) is 11.6 Å². The van der Waals surface area contributed by atoms with Crippen molar-refractivity contribution in [2.75, 3.05) is 37.8 Å². The van der Waals surface area contributed by atoms with Crippen LogP contribution >= 0.6 is 23.2 Å². The van der Waals surface area contributed by atoms with Gasteiger partial charge in [0.2, 0.25) is 5.95 Å². The molecule has 0 spiro atoms. The standard InChI is InChI=1S/C17H21Cl2N5O/c1-11-9-15(23-17(21-11)20-7-4-8-24(2)3)16(25)22-14-10-12(18)5-6-13(14)19/h5-6,9-10H,4,7-8H2,1-3H3,(H,22,25)(H,20,21,23). The van der Waals surface area contributed by atoms with Crippen LogP contribution in [0.3, 0.4) is 0 Å². The highest BCUT2D eigenvalue weighted by Crippen LogP contribution is 2.25. The molecule has 0 saturated heterocycles. The fourth-order valence-corrected chi connectivity index (χ4v) is 2.48. The molecule has 1 aromatic heterocycles. The Bertz CT molecular complexity index is 752. The van der Waals surface area contributed by atoms with Crippen molar-refractivity contribution in [2.24, 2.45) is 0 Å². The second kappa shape index (κ2) is 8.99. The first-order chi connectivity index (χ1) is 11.8. The lowest BCUT2D eigenvalue weighted by Crippen LogP contribution is -2.19. The number of aryl methyl sites for hydroxylation is 1. The van der Waals surface area contributed by atoms with E-state index in [2.05, 4.69) is 25.5 Å². The molecule has 1 amide bonds. The van der Waals surface area contributed by atoms with Gasteiger partial charge in [0.1, 0.15) is 5.69 Å². The van der Waals surface area contributed by atoms with Crippen LogP contribution in [0.1, 0.15) is 22.6 Å². The van der Waals surface area contributed by atoms with Crippen LogP contribution in [-0.2, 0) is 0 Å². The summed E-state index contributed by atoms with van der Waals surface area (Å²) in [5, 5.41) is 6.76. The van der Waals surface area contributed by atoms with Crippen LogP contribution in [0.25, 0.3) is 0 Å². The highest BCUT2D eigenvalue weighted by molar-refractivity contribution is 6.35. The first-order valence-electron chi connectivity index (χ1n) is 7.86. The topological polar surface area (TPSA) is 70.2 Å². The van der Waals surface area contributed by atoms with E-state index in [0.29, 0.717) is 27.4 Å². The van der Waals surface area contributed by atoms with E-state index in [-0.39, 0.29) is 11.6 Å². The minimum Gasteiger partial charge on any atom is -0.354 e. The van der Waals surface area contributed by atoms with Crippen molar-refractivity contribution in [3.8, 4) is 0 Å². The Labute approximate surface area is 157 Å². The molecule has 0 bridgehead atoms. The van der Waals surface area contributed by atoms with Gasteiger partial charge in [0, 0.05) is 17.3 Å². The van der Waals surface area contributed by atoms with Crippen molar-refractivity contribution in [2.45, 2.75) is 13.3 Å². The zero-order valence-corrected chi connectivity index (χ0v) is 15.9. The van der Waals surface area contributed by atoms with Crippen molar-refractivity contribution in [3.05, 3.63) is 45.7 Å². The molecule has 2 rings (SSSR count). The summed E-state index contributed by atoms with van der Waals surface area (Å²) in [4.78, 5) is 23.2. The number of nitrogens with zero attached hydrogens (tertiary/aromatic N) is 3. The van der Waals surface area contributed by atoms with E-state index in [9.17, 15) is 4.79 Å². The van der Waals surface area contributed by atoms with Gasteiger partial charge in [0.15, 0.2) is 0 Å². The summed E-state index contributed by atoms with van der Waals surface area (Å²) in [7, 11) is 4.04. The number of carbonyl (C=O) groups is 1. The molecular weight excluding hydrogens is 361 g/mol. The molecule has 0 aliphatic carbocycles. The SMILES string of the molecule is Cc1cc(C(=O)Nc2cc(Cl)ccc2Cl)nc(NCCCN(C)C)n1. The second-order valence-corrected chi connectivity index (χ2v) is 6.72. The number of aromatic nitrogens is 2. The average molecular weight is 382 g/mol. The molecule has 8 heteroatoms. The molecule has 0 unspecified atom stereocenters. The van der Waals surface area contributed by atoms with Gasteiger partial charge in [-0.3, -0.25) is 4.79 Å². The molecule has 2 N–H and O–H groups in total. The van der Waals surface area contributed by atoms with Crippen LogP contribution in [0, 0.1) is 6.92 Å². The molecule has 0 aliphatic heterocycles. The van der Waals surface area contributed by atoms with Crippen LogP contribution in [0.2, 0.25) is 10.0 Å². The van der Waals surface area contributed by atoms with E-state index in [0.717, 1.165) is 19.5 Å². The number of halogens is 2. The Morgan fingerprint density at radius 3 is 2.68 bits per heavy atom. The zero-order valence-electron chi connectivity index (χ0n) is 14.4. The van der Waals surface area contributed by atoms with Gasteiger partial charge in [-0.25, -0.2) is 9.97 Å². The van der Waals surface area contributed by atoms with Crippen LogP contribution in [-0.4, -0.2) is 48.0 Å². The average Bonchev–Trinajstić information content (AvgIpc) is 2.54. The normalized spacial score (nSPS) is 10.8. The van der Waals surface area contributed by atoms with E-state index in [1.807, 2.05) is 21.0 Å². The lowest BCUT2D eigenvalue weighted by molar-refractivity contribution is 0.102. The maximum Gasteiger partial charge on any atom is 0.274 e. The van der Waals surface area contributed by atoms with Crippen molar-refractivity contribution >= 4 is 40.7 Å². The molecule has 0 fully saturated rings. The molecule has 0 atom stereocenters. The van der Waals surface area contributed by atoms with Gasteiger partial charge in [-0.05, 0) is 58.3 Å². The lowest BCUT2D eigenvalue weighted by Gasteiger charge is -2.11. The predicted octanol–water partition coefficient (Wildman–Crippen LogP) is 3.71. The molecule has 2 aromatic rings. The van der Waals surface area contributed by atoms with Gasteiger partial charge in [0.05, 0.1) is 10.7 Å². The van der Waals surface area contributed by atoms with Gasteiger partial charge >= 0.3 is 0 Å². The number of anilines is 2. The molecule has 1 heterocycles. The van der Waals surface area contributed by atoms with E-state index in [1.165, 1.54) is 0 Å². The summed E-state index contributed by atoms with van der Waals surface area (Å²) in [6.07, 6.45) is 0.948. The maximum absolute atomic E-state index is 12.5. The Kier molecular flexibility index (Phi) is 6.99. The summed E-state index contributed by atoms with van der Waals surface area (Å²) in [5.41, 5.74) is 1.40.